The number of hydrogen-bond donors (Lipinski definition) is 1. The van der Waals surface area contributed by atoms with Crippen LogP contribution >= 0.6 is 11.8 Å². The van der Waals surface area contributed by atoms with E-state index in [4.69, 9.17) is 14.2 Å². The SMILES string of the molecule is COc1cc(C(=O)NCCN2C(=O)SC(=Cc3ccccc3)C2=O)ccc1OCC(=O)N1CCOCC1. The zero-order valence-electron chi connectivity index (χ0n) is 20.3. The molecule has 11 heteroatoms. The minimum atomic E-state index is -0.402. The number of thioether (sulfide) groups is 1. The van der Waals surface area contributed by atoms with E-state index in [1.165, 1.54) is 13.2 Å². The molecule has 2 aliphatic heterocycles. The summed E-state index contributed by atoms with van der Waals surface area (Å²) in [5.74, 6) is -0.301. The third-order valence-corrected chi connectivity index (χ3v) is 6.64. The summed E-state index contributed by atoms with van der Waals surface area (Å²) in [6.45, 7) is 2.03. The van der Waals surface area contributed by atoms with Crippen molar-refractivity contribution in [1.82, 2.24) is 15.1 Å². The van der Waals surface area contributed by atoms with E-state index < -0.39 is 5.91 Å². The molecule has 2 heterocycles. The first-order valence-electron chi connectivity index (χ1n) is 11.7. The summed E-state index contributed by atoms with van der Waals surface area (Å²) in [6, 6.07) is 13.9. The van der Waals surface area contributed by atoms with Crippen LogP contribution in [0.15, 0.2) is 53.4 Å². The van der Waals surface area contributed by atoms with Crippen molar-refractivity contribution >= 4 is 40.8 Å². The van der Waals surface area contributed by atoms with Crippen LogP contribution in [0.4, 0.5) is 4.79 Å². The second-order valence-electron chi connectivity index (χ2n) is 8.15. The predicted molar refractivity (Wildman–Crippen MR) is 137 cm³/mol. The Balaban J connectivity index is 1.29. The lowest BCUT2D eigenvalue weighted by Crippen LogP contribution is -2.43. The first-order valence-corrected chi connectivity index (χ1v) is 12.5. The summed E-state index contributed by atoms with van der Waals surface area (Å²) in [7, 11) is 1.44. The quantitative estimate of drug-likeness (QED) is 0.497. The Labute approximate surface area is 218 Å². The Kier molecular flexibility index (Phi) is 8.81. The summed E-state index contributed by atoms with van der Waals surface area (Å²) in [5.41, 5.74) is 1.13. The fourth-order valence-electron chi connectivity index (χ4n) is 3.75. The number of morpholine rings is 1. The van der Waals surface area contributed by atoms with Gasteiger partial charge < -0.3 is 24.4 Å². The summed E-state index contributed by atoms with van der Waals surface area (Å²) in [5, 5.41) is 2.33. The lowest BCUT2D eigenvalue weighted by atomic mass is 10.2. The van der Waals surface area contributed by atoms with Gasteiger partial charge in [-0.15, -0.1) is 0 Å². The molecule has 2 saturated heterocycles. The Morgan fingerprint density at radius 2 is 1.84 bits per heavy atom. The molecular weight excluding hydrogens is 498 g/mol. The maximum absolute atomic E-state index is 12.7. The average Bonchev–Trinajstić information content (AvgIpc) is 3.19. The van der Waals surface area contributed by atoms with Crippen LogP contribution < -0.4 is 14.8 Å². The highest BCUT2D eigenvalue weighted by Gasteiger charge is 2.34. The summed E-state index contributed by atoms with van der Waals surface area (Å²) in [6.07, 6.45) is 1.67. The number of amides is 4. The van der Waals surface area contributed by atoms with Crippen LogP contribution in [0.25, 0.3) is 6.08 Å². The minimum Gasteiger partial charge on any atom is -0.493 e. The molecule has 194 valence electrons. The Bertz CT molecular complexity index is 1200. The van der Waals surface area contributed by atoms with Crippen LogP contribution in [0, 0.1) is 0 Å². The van der Waals surface area contributed by atoms with Crippen molar-refractivity contribution < 1.29 is 33.4 Å². The molecule has 0 unspecified atom stereocenters. The Hall–Kier alpha value is -3.83. The van der Waals surface area contributed by atoms with Crippen LogP contribution in [0.1, 0.15) is 15.9 Å². The number of benzene rings is 2. The van der Waals surface area contributed by atoms with Crippen molar-refractivity contribution in [2.75, 3.05) is 53.1 Å². The highest BCUT2D eigenvalue weighted by atomic mass is 32.2. The summed E-state index contributed by atoms with van der Waals surface area (Å²) >= 11 is 0.876. The number of imide groups is 1. The zero-order chi connectivity index (χ0) is 26.2. The van der Waals surface area contributed by atoms with Gasteiger partial charge in [0, 0.05) is 31.7 Å². The van der Waals surface area contributed by atoms with Gasteiger partial charge in [-0.3, -0.25) is 24.1 Å². The summed E-state index contributed by atoms with van der Waals surface area (Å²) < 4.78 is 16.2. The highest BCUT2D eigenvalue weighted by Crippen LogP contribution is 2.32. The van der Waals surface area contributed by atoms with Gasteiger partial charge in [-0.05, 0) is 41.6 Å². The van der Waals surface area contributed by atoms with Gasteiger partial charge in [0.25, 0.3) is 23.0 Å². The average molecular weight is 526 g/mol. The second kappa shape index (κ2) is 12.4. The number of methoxy groups -OCH3 is 1. The van der Waals surface area contributed by atoms with Crippen molar-refractivity contribution in [2.24, 2.45) is 0 Å². The molecule has 10 nitrogen and oxygen atoms in total. The maximum Gasteiger partial charge on any atom is 0.293 e. The molecule has 1 N–H and O–H groups in total. The molecule has 0 radical (unpaired) electrons. The number of carbonyl (C=O) groups is 4. The highest BCUT2D eigenvalue weighted by molar-refractivity contribution is 8.18. The number of carbonyl (C=O) groups excluding carboxylic acids is 4. The molecular formula is C26H27N3O7S. The standard InChI is InChI=1S/C26H27N3O7S/c1-34-21-16-19(7-8-20(21)36-17-23(30)28-11-13-35-14-12-28)24(31)27-9-10-29-25(32)22(37-26(29)33)15-18-5-3-2-4-6-18/h2-8,15-16H,9-14,17H2,1H3,(H,27,31). The smallest absolute Gasteiger partial charge is 0.293 e. The monoisotopic (exact) mass is 525 g/mol. The molecule has 2 aromatic rings. The lowest BCUT2D eigenvalue weighted by molar-refractivity contribution is -0.137. The van der Waals surface area contributed by atoms with Gasteiger partial charge in [0.1, 0.15) is 0 Å². The molecule has 0 spiro atoms. The lowest BCUT2D eigenvalue weighted by Gasteiger charge is -2.26. The molecule has 4 amide bonds. The van der Waals surface area contributed by atoms with Crippen molar-refractivity contribution in [1.29, 1.82) is 0 Å². The number of hydrogen-bond acceptors (Lipinski definition) is 8. The third kappa shape index (κ3) is 6.69. The molecule has 0 atom stereocenters. The third-order valence-electron chi connectivity index (χ3n) is 5.73. The molecule has 0 bridgehead atoms. The van der Waals surface area contributed by atoms with E-state index in [2.05, 4.69) is 5.32 Å². The topological polar surface area (TPSA) is 114 Å². The molecule has 2 fully saturated rings. The van der Waals surface area contributed by atoms with Crippen LogP contribution in [-0.2, 0) is 14.3 Å². The normalized spacial score (nSPS) is 16.7. The number of ether oxygens (including phenoxy) is 3. The van der Waals surface area contributed by atoms with E-state index in [0.29, 0.717) is 48.3 Å². The summed E-state index contributed by atoms with van der Waals surface area (Å²) in [4.78, 5) is 53.0. The largest absolute Gasteiger partial charge is 0.493 e. The Morgan fingerprint density at radius 3 is 2.57 bits per heavy atom. The molecule has 37 heavy (non-hydrogen) atoms. The second-order valence-corrected chi connectivity index (χ2v) is 9.14. The van der Waals surface area contributed by atoms with Crippen LogP contribution in [0.3, 0.4) is 0 Å². The van der Waals surface area contributed by atoms with E-state index >= 15 is 0 Å². The van der Waals surface area contributed by atoms with Gasteiger partial charge in [-0.1, -0.05) is 30.3 Å². The van der Waals surface area contributed by atoms with Gasteiger partial charge in [-0.25, -0.2) is 0 Å². The predicted octanol–water partition coefficient (Wildman–Crippen LogP) is 2.40. The van der Waals surface area contributed by atoms with E-state index in [9.17, 15) is 19.2 Å². The van der Waals surface area contributed by atoms with Crippen molar-refractivity contribution in [3.63, 3.8) is 0 Å². The molecule has 2 aliphatic rings. The molecule has 4 rings (SSSR count). The van der Waals surface area contributed by atoms with E-state index in [1.54, 1.807) is 23.1 Å². The number of nitrogens with one attached hydrogen (secondary N) is 1. The number of nitrogens with zero attached hydrogens (tertiary/aromatic N) is 2. The van der Waals surface area contributed by atoms with Crippen molar-refractivity contribution in [3.05, 3.63) is 64.6 Å². The van der Waals surface area contributed by atoms with E-state index in [0.717, 1.165) is 22.2 Å². The van der Waals surface area contributed by atoms with Gasteiger partial charge >= 0.3 is 0 Å². The first kappa shape index (κ1) is 26.2. The van der Waals surface area contributed by atoms with E-state index in [-0.39, 0.29) is 36.7 Å². The van der Waals surface area contributed by atoms with Gasteiger partial charge in [0.05, 0.1) is 25.2 Å². The van der Waals surface area contributed by atoms with E-state index in [1.807, 2.05) is 30.3 Å². The molecule has 0 saturated carbocycles. The minimum absolute atomic E-state index is 0.0461. The fraction of sp³-hybridized carbons (Fsp3) is 0.308. The zero-order valence-corrected chi connectivity index (χ0v) is 21.1. The van der Waals surface area contributed by atoms with Crippen LogP contribution in [0.5, 0.6) is 11.5 Å². The molecule has 2 aromatic carbocycles. The molecule has 0 aromatic heterocycles. The Morgan fingerprint density at radius 1 is 1.08 bits per heavy atom. The van der Waals surface area contributed by atoms with Crippen LogP contribution in [-0.4, -0.2) is 85.9 Å². The van der Waals surface area contributed by atoms with Gasteiger partial charge in [0.2, 0.25) is 0 Å². The van der Waals surface area contributed by atoms with Gasteiger partial charge in [0.15, 0.2) is 18.1 Å². The molecule has 0 aliphatic carbocycles. The fourth-order valence-corrected chi connectivity index (χ4v) is 4.61. The number of rotatable bonds is 9. The maximum atomic E-state index is 12.7. The first-order chi connectivity index (χ1) is 18.0. The van der Waals surface area contributed by atoms with Gasteiger partial charge in [-0.2, -0.15) is 0 Å². The van der Waals surface area contributed by atoms with Crippen molar-refractivity contribution in [3.8, 4) is 11.5 Å². The van der Waals surface area contributed by atoms with Crippen LogP contribution in [0.2, 0.25) is 0 Å². The van der Waals surface area contributed by atoms with Crippen molar-refractivity contribution in [2.45, 2.75) is 0 Å².